The van der Waals surface area contributed by atoms with Crippen LogP contribution < -0.4 is 4.72 Å². The summed E-state index contributed by atoms with van der Waals surface area (Å²) in [5.41, 5.74) is 0.768. The Balaban J connectivity index is 2.36. The highest BCUT2D eigenvalue weighted by Gasteiger charge is 2.17. The van der Waals surface area contributed by atoms with Gasteiger partial charge in [0.1, 0.15) is 0 Å². The average Bonchev–Trinajstić information content (AvgIpc) is 2.43. The number of benzene rings is 2. The van der Waals surface area contributed by atoms with Crippen LogP contribution in [0.2, 0.25) is 5.02 Å². The molecule has 2 aromatic rings. The van der Waals surface area contributed by atoms with Crippen molar-refractivity contribution in [3.8, 4) is 0 Å². The van der Waals surface area contributed by atoms with E-state index in [2.05, 4.69) is 4.72 Å². The van der Waals surface area contributed by atoms with Gasteiger partial charge in [-0.1, -0.05) is 17.7 Å². The van der Waals surface area contributed by atoms with Gasteiger partial charge in [0.25, 0.3) is 15.7 Å². The molecule has 0 heterocycles. The van der Waals surface area contributed by atoms with E-state index in [0.717, 1.165) is 11.6 Å². The lowest BCUT2D eigenvalue weighted by atomic mass is 10.2. The van der Waals surface area contributed by atoms with Gasteiger partial charge in [0.2, 0.25) is 0 Å². The second-order valence-corrected chi connectivity index (χ2v) is 6.41. The van der Waals surface area contributed by atoms with Crippen LogP contribution in [-0.2, 0) is 10.0 Å². The number of nitro groups is 1. The van der Waals surface area contributed by atoms with Crippen LogP contribution in [-0.4, -0.2) is 13.3 Å². The quantitative estimate of drug-likeness (QED) is 0.689. The van der Waals surface area contributed by atoms with Gasteiger partial charge in [0, 0.05) is 22.8 Å². The molecule has 1 N–H and O–H groups in total. The maximum absolute atomic E-state index is 12.2. The summed E-state index contributed by atoms with van der Waals surface area (Å²) in [5, 5.41) is 11.2. The van der Waals surface area contributed by atoms with Crippen LogP contribution in [0.3, 0.4) is 0 Å². The van der Waals surface area contributed by atoms with Gasteiger partial charge in [-0.3, -0.25) is 14.8 Å². The minimum Gasteiger partial charge on any atom is -0.280 e. The smallest absolute Gasteiger partial charge is 0.270 e. The minimum absolute atomic E-state index is 0.177. The zero-order chi connectivity index (χ0) is 15.6. The summed E-state index contributed by atoms with van der Waals surface area (Å²) in [4.78, 5) is 9.87. The predicted molar refractivity (Wildman–Crippen MR) is 80.1 cm³/mol. The van der Waals surface area contributed by atoms with Gasteiger partial charge in [-0.15, -0.1) is 0 Å². The fourth-order valence-corrected chi connectivity index (χ4v) is 2.89. The van der Waals surface area contributed by atoms with Crippen LogP contribution in [0.4, 0.5) is 11.4 Å². The maximum Gasteiger partial charge on any atom is 0.270 e. The lowest BCUT2D eigenvalue weighted by Crippen LogP contribution is -2.13. The minimum atomic E-state index is -3.90. The number of hydrogen-bond acceptors (Lipinski definition) is 4. The summed E-state index contributed by atoms with van der Waals surface area (Å²) in [6, 6.07) is 9.51. The molecule has 6 nitrogen and oxygen atoms in total. The Morgan fingerprint density at radius 3 is 2.52 bits per heavy atom. The zero-order valence-electron chi connectivity index (χ0n) is 10.9. The van der Waals surface area contributed by atoms with Gasteiger partial charge in [-0.05, 0) is 36.8 Å². The first-order valence-corrected chi connectivity index (χ1v) is 7.69. The van der Waals surface area contributed by atoms with Crippen molar-refractivity contribution in [2.24, 2.45) is 0 Å². The predicted octanol–water partition coefficient (Wildman–Crippen LogP) is 3.36. The largest absolute Gasteiger partial charge is 0.280 e. The zero-order valence-corrected chi connectivity index (χ0v) is 12.5. The Morgan fingerprint density at radius 1 is 1.19 bits per heavy atom. The van der Waals surface area contributed by atoms with Gasteiger partial charge in [-0.2, -0.15) is 0 Å². The van der Waals surface area contributed by atoms with Crippen LogP contribution in [0.15, 0.2) is 47.4 Å². The molecule has 2 rings (SSSR count). The molecule has 0 aliphatic rings. The number of nitrogens with zero attached hydrogens (tertiary/aromatic N) is 1. The molecule has 0 spiro atoms. The van der Waals surface area contributed by atoms with E-state index in [4.69, 9.17) is 11.6 Å². The number of sulfonamides is 1. The fraction of sp³-hybridized carbons (Fsp3) is 0.0769. The van der Waals surface area contributed by atoms with E-state index in [-0.39, 0.29) is 10.6 Å². The molecule has 0 saturated heterocycles. The van der Waals surface area contributed by atoms with Crippen molar-refractivity contribution in [3.63, 3.8) is 0 Å². The summed E-state index contributed by atoms with van der Waals surface area (Å²) in [5.74, 6) is 0. The fourth-order valence-electron chi connectivity index (χ4n) is 1.69. The summed E-state index contributed by atoms with van der Waals surface area (Å²) in [6.07, 6.45) is 0. The SMILES string of the molecule is Cc1cc(NS(=O)(=O)c2cccc([N+](=O)[O-])c2)ccc1Cl. The number of halogens is 1. The van der Waals surface area contributed by atoms with Crippen molar-refractivity contribution in [1.82, 2.24) is 0 Å². The first-order valence-electron chi connectivity index (χ1n) is 5.83. The van der Waals surface area contributed by atoms with E-state index in [0.29, 0.717) is 10.7 Å². The van der Waals surface area contributed by atoms with Crippen LogP contribution >= 0.6 is 11.6 Å². The summed E-state index contributed by atoms with van der Waals surface area (Å²) in [6.45, 7) is 1.74. The van der Waals surface area contributed by atoms with E-state index in [1.807, 2.05) is 0 Å². The van der Waals surface area contributed by atoms with Crippen molar-refractivity contribution in [2.75, 3.05) is 4.72 Å². The Labute approximate surface area is 126 Å². The Kier molecular flexibility index (Phi) is 4.15. The number of nitrogens with one attached hydrogen (secondary N) is 1. The van der Waals surface area contributed by atoms with Crippen molar-refractivity contribution in [3.05, 3.63) is 63.2 Å². The van der Waals surface area contributed by atoms with Gasteiger partial charge in [-0.25, -0.2) is 8.42 Å². The highest BCUT2D eigenvalue weighted by molar-refractivity contribution is 7.92. The topological polar surface area (TPSA) is 89.3 Å². The van der Waals surface area contributed by atoms with E-state index >= 15 is 0 Å². The van der Waals surface area contributed by atoms with E-state index in [9.17, 15) is 18.5 Å². The molecular weight excluding hydrogens is 316 g/mol. The Hall–Kier alpha value is -2.12. The van der Waals surface area contributed by atoms with Gasteiger partial charge < -0.3 is 0 Å². The highest BCUT2D eigenvalue weighted by Crippen LogP contribution is 2.23. The highest BCUT2D eigenvalue weighted by atomic mass is 35.5. The van der Waals surface area contributed by atoms with Crippen molar-refractivity contribution < 1.29 is 13.3 Å². The average molecular weight is 327 g/mol. The van der Waals surface area contributed by atoms with E-state index < -0.39 is 14.9 Å². The molecule has 0 saturated carbocycles. The lowest BCUT2D eigenvalue weighted by molar-refractivity contribution is -0.385. The van der Waals surface area contributed by atoms with E-state index in [1.165, 1.54) is 24.3 Å². The molecular formula is C13H11ClN2O4S. The first-order chi connectivity index (χ1) is 9.79. The van der Waals surface area contributed by atoms with Crippen LogP contribution in [0, 0.1) is 17.0 Å². The standard InChI is InChI=1S/C13H11ClN2O4S/c1-9-7-10(5-6-13(9)14)15-21(19,20)12-4-2-3-11(8-12)16(17)18/h2-8,15H,1H3. The first kappa shape index (κ1) is 15.3. The Morgan fingerprint density at radius 2 is 1.90 bits per heavy atom. The van der Waals surface area contributed by atoms with Crippen LogP contribution in [0.25, 0.3) is 0 Å². The third kappa shape index (κ3) is 3.50. The molecule has 0 unspecified atom stereocenters. The monoisotopic (exact) mass is 326 g/mol. The molecule has 0 aromatic heterocycles. The molecule has 2 aromatic carbocycles. The third-order valence-corrected chi connectivity index (χ3v) is 4.55. The van der Waals surface area contributed by atoms with Crippen molar-refractivity contribution in [2.45, 2.75) is 11.8 Å². The number of hydrogen-bond donors (Lipinski definition) is 1. The molecule has 0 amide bonds. The number of aryl methyl sites for hydroxylation is 1. The van der Waals surface area contributed by atoms with Crippen molar-refractivity contribution in [1.29, 1.82) is 0 Å². The summed E-state index contributed by atoms with van der Waals surface area (Å²) >= 11 is 5.87. The molecule has 8 heteroatoms. The van der Waals surface area contributed by atoms with Gasteiger partial charge in [0.05, 0.1) is 9.82 Å². The van der Waals surface area contributed by atoms with Gasteiger partial charge >= 0.3 is 0 Å². The number of rotatable bonds is 4. The molecule has 0 aliphatic carbocycles. The third-order valence-electron chi connectivity index (χ3n) is 2.75. The molecule has 110 valence electrons. The second-order valence-electron chi connectivity index (χ2n) is 4.32. The summed E-state index contributed by atoms with van der Waals surface area (Å²) < 4.78 is 26.8. The number of nitro benzene ring substituents is 1. The van der Waals surface area contributed by atoms with Crippen molar-refractivity contribution >= 4 is 33.0 Å². The number of non-ortho nitro benzene ring substituents is 1. The van der Waals surface area contributed by atoms with Crippen LogP contribution in [0.1, 0.15) is 5.56 Å². The molecule has 0 atom stereocenters. The molecule has 21 heavy (non-hydrogen) atoms. The molecule has 0 radical (unpaired) electrons. The molecule has 0 fully saturated rings. The van der Waals surface area contributed by atoms with E-state index in [1.54, 1.807) is 19.1 Å². The molecule has 0 aliphatic heterocycles. The maximum atomic E-state index is 12.2. The number of anilines is 1. The summed E-state index contributed by atoms with van der Waals surface area (Å²) in [7, 11) is -3.90. The lowest BCUT2D eigenvalue weighted by Gasteiger charge is -2.09. The molecule has 0 bridgehead atoms. The second kappa shape index (κ2) is 5.71. The van der Waals surface area contributed by atoms with Gasteiger partial charge in [0.15, 0.2) is 0 Å². The Bertz CT molecular complexity index is 806. The normalized spacial score (nSPS) is 11.1. The van der Waals surface area contributed by atoms with Crippen LogP contribution in [0.5, 0.6) is 0 Å².